The van der Waals surface area contributed by atoms with E-state index in [0.717, 1.165) is 28.6 Å². The van der Waals surface area contributed by atoms with E-state index in [0.29, 0.717) is 32.9 Å². The molecule has 0 unspecified atom stereocenters. The molecule has 1 aliphatic rings. The van der Waals surface area contributed by atoms with Crippen molar-refractivity contribution >= 4 is 40.6 Å². The number of ether oxygens (including phenoxy) is 3. The van der Waals surface area contributed by atoms with E-state index in [9.17, 15) is 9.59 Å². The highest BCUT2D eigenvalue weighted by atomic mass is 35.5. The Morgan fingerprint density at radius 2 is 1.75 bits per heavy atom. The molecule has 2 aromatic rings. The van der Waals surface area contributed by atoms with Gasteiger partial charge in [0.15, 0.2) is 11.5 Å². The number of rotatable bonds is 8. The number of carbonyl (C=O) groups is 2. The van der Waals surface area contributed by atoms with E-state index in [1.807, 2.05) is 25.1 Å². The number of carbonyl (C=O) groups excluding carboxylic acids is 2. The monoisotopic (exact) mass is 475 g/mol. The molecule has 1 heterocycles. The topological polar surface area (TPSA) is 65.1 Å². The molecule has 0 aromatic heterocycles. The first-order chi connectivity index (χ1) is 15.2. The minimum Gasteiger partial charge on any atom is -0.493 e. The largest absolute Gasteiger partial charge is 0.493 e. The normalized spacial score (nSPS) is 15.1. The SMILES string of the molecule is COc1cc(Cl)c(/C=C2\SC(=O)N(CCOc3cc(C)ccc3C(C)C)C2=O)cc1OC. The number of hydrogen-bond acceptors (Lipinski definition) is 6. The van der Waals surface area contributed by atoms with Crippen molar-refractivity contribution < 1.29 is 23.8 Å². The Kier molecular flexibility index (Phi) is 7.74. The summed E-state index contributed by atoms with van der Waals surface area (Å²) in [6, 6.07) is 9.35. The van der Waals surface area contributed by atoms with Crippen LogP contribution in [0.1, 0.15) is 36.5 Å². The summed E-state index contributed by atoms with van der Waals surface area (Å²) in [6.45, 7) is 6.56. The van der Waals surface area contributed by atoms with Crippen molar-refractivity contribution in [2.75, 3.05) is 27.4 Å². The zero-order valence-corrected chi connectivity index (χ0v) is 20.3. The van der Waals surface area contributed by atoms with Crippen LogP contribution in [0.2, 0.25) is 5.02 Å². The van der Waals surface area contributed by atoms with Crippen molar-refractivity contribution in [2.45, 2.75) is 26.7 Å². The number of aryl methyl sites for hydroxylation is 1. The molecule has 0 aliphatic carbocycles. The molecule has 0 saturated carbocycles. The fourth-order valence-corrected chi connectivity index (χ4v) is 4.37. The second kappa shape index (κ2) is 10.3. The lowest BCUT2D eigenvalue weighted by atomic mass is 10.0. The standard InChI is InChI=1S/C24H26ClNO5S/c1-14(2)17-7-6-15(3)10-19(17)31-9-8-26-23(27)22(32-24(26)28)12-16-11-20(29-4)21(30-5)13-18(16)25/h6-7,10-14H,8-9H2,1-5H3/b22-12-. The number of thioether (sulfide) groups is 1. The average Bonchev–Trinajstić information content (AvgIpc) is 3.02. The van der Waals surface area contributed by atoms with E-state index in [1.54, 1.807) is 18.2 Å². The van der Waals surface area contributed by atoms with Gasteiger partial charge in [-0.15, -0.1) is 0 Å². The maximum atomic E-state index is 12.8. The molecule has 0 bridgehead atoms. The Labute approximate surface area is 197 Å². The Bertz CT molecular complexity index is 1070. The van der Waals surface area contributed by atoms with Gasteiger partial charge in [-0.25, -0.2) is 0 Å². The maximum absolute atomic E-state index is 12.8. The third kappa shape index (κ3) is 5.22. The molecule has 0 spiro atoms. The van der Waals surface area contributed by atoms with Gasteiger partial charge in [-0.1, -0.05) is 37.6 Å². The van der Waals surface area contributed by atoms with Crippen LogP contribution in [0.25, 0.3) is 6.08 Å². The van der Waals surface area contributed by atoms with E-state index in [4.69, 9.17) is 25.8 Å². The number of amides is 2. The van der Waals surface area contributed by atoms with Crippen molar-refractivity contribution in [1.29, 1.82) is 0 Å². The molecular formula is C24H26ClNO5S. The predicted octanol–water partition coefficient (Wildman–Crippen LogP) is 5.90. The third-order valence-electron chi connectivity index (χ3n) is 5.03. The van der Waals surface area contributed by atoms with Gasteiger partial charge >= 0.3 is 0 Å². The minimum absolute atomic E-state index is 0.160. The highest BCUT2D eigenvalue weighted by Crippen LogP contribution is 2.37. The van der Waals surface area contributed by atoms with Crippen LogP contribution in [-0.4, -0.2) is 43.4 Å². The molecule has 0 radical (unpaired) electrons. The molecule has 1 aliphatic heterocycles. The number of imide groups is 1. The van der Waals surface area contributed by atoms with Crippen molar-refractivity contribution in [3.63, 3.8) is 0 Å². The van der Waals surface area contributed by atoms with Crippen LogP contribution in [0, 0.1) is 6.92 Å². The fourth-order valence-electron chi connectivity index (χ4n) is 3.30. The summed E-state index contributed by atoms with van der Waals surface area (Å²) in [6.07, 6.45) is 1.59. The van der Waals surface area contributed by atoms with Crippen LogP contribution in [0.4, 0.5) is 4.79 Å². The second-order valence-corrected chi connectivity index (χ2v) is 9.01. The lowest BCUT2D eigenvalue weighted by molar-refractivity contribution is -0.123. The molecule has 2 amide bonds. The van der Waals surface area contributed by atoms with Crippen LogP contribution < -0.4 is 14.2 Å². The first-order valence-corrected chi connectivity index (χ1v) is 11.3. The third-order valence-corrected chi connectivity index (χ3v) is 6.26. The molecule has 0 atom stereocenters. The van der Waals surface area contributed by atoms with Crippen molar-refractivity contribution in [3.8, 4) is 17.2 Å². The van der Waals surface area contributed by atoms with E-state index in [-0.39, 0.29) is 24.3 Å². The molecule has 1 saturated heterocycles. The zero-order chi connectivity index (χ0) is 23.4. The lowest BCUT2D eigenvalue weighted by Crippen LogP contribution is -2.32. The molecule has 8 heteroatoms. The Hall–Kier alpha value is -2.64. The number of methoxy groups -OCH3 is 2. The second-order valence-electron chi connectivity index (χ2n) is 7.61. The number of benzene rings is 2. The fraction of sp³-hybridized carbons (Fsp3) is 0.333. The summed E-state index contributed by atoms with van der Waals surface area (Å²) in [7, 11) is 3.03. The van der Waals surface area contributed by atoms with E-state index < -0.39 is 0 Å². The lowest BCUT2D eigenvalue weighted by Gasteiger charge is -2.17. The van der Waals surface area contributed by atoms with Gasteiger partial charge in [0.1, 0.15) is 12.4 Å². The van der Waals surface area contributed by atoms with Crippen LogP contribution in [0.5, 0.6) is 17.2 Å². The molecule has 170 valence electrons. The maximum Gasteiger partial charge on any atom is 0.293 e. The van der Waals surface area contributed by atoms with Crippen LogP contribution >= 0.6 is 23.4 Å². The van der Waals surface area contributed by atoms with E-state index in [1.165, 1.54) is 19.1 Å². The summed E-state index contributed by atoms with van der Waals surface area (Å²) in [4.78, 5) is 26.8. The summed E-state index contributed by atoms with van der Waals surface area (Å²) < 4.78 is 16.5. The highest BCUT2D eigenvalue weighted by molar-refractivity contribution is 8.18. The van der Waals surface area contributed by atoms with Crippen LogP contribution in [-0.2, 0) is 4.79 Å². The Balaban J connectivity index is 1.73. The zero-order valence-electron chi connectivity index (χ0n) is 18.7. The average molecular weight is 476 g/mol. The van der Waals surface area contributed by atoms with Gasteiger partial charge in [0.05, 0.1) is 30.7 Å². The van der Waals surface area contributed by atoms with E-state index in [2.05, 4.69) is 13.8 Å². The van der Waals surface area contributed by atoms with E-state index >= 15 is 0 Å². The first kappa shape index (κ1) is 24.0. The van der Waals surface area contributed by atoms with Gasteiger partial charge in [0.2, 0.25) is 0 Å². The van der Waals surface area contributed by atoms with Crippen molar-refractivity contribution in [1.82, 2.24) is 4.90 Å². The van der Waals surface area contributed by atoms with Gasteiger partial charge in [0, 0.05) is 6.07 Å². The molecule has 3 rings (SSSR count). The Morgan fingerprint density at radius 3 is 2.41 bits per heavy atom. The first-order valence-electron chi connectivity index (χ1n) is 10.1. The Morgan fingerprint density at radius 1 is 1.06 bits per heavy atom. The summed E-state index contributed by atoms with van der Waals surface area (Å²) >= 11 is 7.20. The van der Waals surface area contributed by atoms with Crippen molar-refractivity contribution in [3.05, 3.63) is 56.9 Å². The van der Waals surface area contributed by atoms with Gasteiger partial charge < -0.3 is 14.2 Å². The molecule has 0 N–H and O–H groups in total. The smallest absolute Gasteiger partial charge is 0.293 e. The quantitative estimate of drug-likeness (QED) is 0.442. The molecule has 32 heavy (non-hydrogen) atoms. The number of halogens is 1. The predicted molar refractivity (Wildman–Crippen MR) is 128 cm³/mol. The molecule has 6 nitrogen and oxygen atoms in total. The number of hydrogen-bond donors (Lipinski definition) is 0. The number of nitrogens with zero attached hydrogens (tertiary/aromatic N) is 1. The van der Waals surface area contributed by atoms with Crippen LogP contribution in [0.15, 0.2) is 35.2 Å². The summed E-state index contributed by atoms with van der Waals surface area (Å²) in [5.41, 5.74) is 2.74. The van der Waals surface area contributed by atoms with Gasteiger partial charge in [-0.3, -0.25) is 14.5 Å². The van der Waals surface area contributed by atoms with Gasteiger partial charge in [0.25, 0.3) is 11.1 Å². The molecular weight excluding hydrogens is 450 g/mol. The highest BCUT2D eigenvalue weighted by Gasteiger charge is 2.35. The van der Waals surface area contributed by atoms with Crippen molar-refractivity contribution in [2.24, 2.45) is 0 Å². The minimum atomic E-state index is -0.372. The van der Waals surface area contributed by atoms with Crippen LogP contribution in [0.3, 0.4) is 0 Å². The summed E-state index contributed by atoms with van der Waals surface area (Å²) in [5, 5.41) is 0.0493. The van der Waals surface area contributed by atoms with Gasteiger partial charge in [-0.05, 0) is 59.5 Å². The summed E-state index contributed by atoms with van der Waals surface area (Å²) in [5.74, 6) is 1.67. The molecule has 1 fully saturated rings. The molecule has 2 aromatic carbocycles. The van der Waals surface area contributed by atoms with Gasteiger partial charge in [-0.2, -0.15) is 0 Å².